The number of halogens is 1. The van der Waals surface area contributed by atoms with E-state index < -0.39 is 0 Å². The highest BCUT2D eigenvalue weighted by molar-refractivity contribution is 9.10. The normalized spacial score (nSPS) is 12.7. The lowest BCUT2D eigenvalue weighted by Crippen LogP contribution is -2.24. The molecule has 2 rings (SSSR count). The number of hydrogen-bond acceptors (Lipinski definition) is 2. The number of aryl methyl sites for hydroxylation is 2. The van der Waals surface area contributed by atoms with Crippen LogP contribution < -0.4 is 5.32 Å². The highest BCUT2D eigenvalue weighted by Gasteiger charge is 2.19. The molecule has 0 fully saturated rings. The summed E-state index contributed by atoms with van der Waals surface area (Å²) in [4.78, 5) is 0. The molecular weight excluding hydrogens is 314 g/mol. The number of rotatable bonds is 5. The SMILES string of the molecule is CCNC(Cc1cccc(Br)c1)c1c(C)nn(C)c1C. The molecule has 0 saturated carbocycles. The van der Waals surface area contributed by atoms with E-state index in [1.54, 1.807) is 0 Å². The summed E-state index contributed by atoms with van der Waals surface area (Å²) in [6.45, 7) is 7.33. The average Bonchev–Trinajstić information content (AvgIpc) is 2.63. The molecule has 3 nitrogen and oxygen atoms in total. The van der Waals surface area contributed by atoms with Crippen molar-refractivity contribution < 1.29 is 0 Å². The summed E-state index contributed by atoms with van der Waals surface area (Å²) >= 11 is 3.54. The summed E-state index contributed by atoms with van der Waals surface area (Å²) in [7, 11) is 2.01. The van der Waals surface area contributed by atoms with Crippen LogP contribution in [-0.2, 0) is 13.5 Å². The molecule has 0 saturated heterocycles. The van der Waals surface area contributed by atoms with Crippen LogP contribution in [0.3, 0.4) is 0 Å². The second-order valence-corrected chi connectivity index (χ2v) is 6.07. The zero-order chi connectivity index (χ0) is 14.7. The largest absolute Gasteiger partial charge is 0.310 e. The van der Waals surface area contributed by atoms with Gasteiger partial charge < -0.3 is 5.32 Å². The lowest BCUT2D eigenvalue weighted by atomic mass is 9.97. The summed E-state index contributed by atoms with van der Waals surface area (Å²) in [5.41, 5.74) is 5.01. The Bertz CT molecular complexity index is 589. The van der Waals surface area contributed by atoms with Crippen molar-refractivity contribution in [3.05, 3.63) is 51.3 Å². The van der Waals surface area contributed by atoms with Crippen LogP contribution in [0, 0.1) is 13.8 Å². The lowest BCUT2D eigenvalue weighted by molar-refractivity contribution is 0.544. The van der Waals surface area contributed by atoms with Gasteiger partial charge in [0, 0.05) is 28.8 Å². The third kappa shape index (κ3) is 3.30. The van der Waals surface area contributed by atoms with Gasteiger partial charge in [-0.25, -0.2) is 0 Å². The molecule has 1 aromatic heterocycles. The molecule has 2 aromatic rings. The first-order valence-electron chi connectivity index (χ1n) is 7.00. The summed E-state index contributed by atoms with van der Waals surface area (Å²) in [5, 5.41) is 8.13. The maximum Gasteiger partial charge on any atom is 0.0644 e. The van der Waals surface area contributed by atoms with E-state index in [-0.39, 0.29) is 0 Å². The van der Waals surface area contributed by atoms with Crippen molar-refractivity contribution in [2.45, 2.75) is 33.2 Å². The van der Waals surface area contributed by atoms with Gasteiger partial charge in [0.05, 0.1) is 5.69 Å². The Morgan fingerprint density at radius 3 is 2.65 bits per heavy atom. The second-order valence-electron chi connectivity index (χ2n) is 5.15. The molecule has 1 N–H and O–H groups in total. The minimum Gasteiger partial charge on any atom is -0.310 e. The molecule has 0 radical (unpaired) electrons. The number of nitrogens with zero attached hydrogens (tertiary/aromatic N) is 2. The minimum absolute atomic E-state index is 0.308. The fourth-order valence-corrected chi connectivity index (χ4v) is 3.16. The first-order valence-corrected chi connectivity index (χ1v) is 7.80. The second kappa shape index (κ2) is 6.55. The van der Waals surface area contributed by atoms with E-state index in [9.17, 15) is 0 Å². The quantitative estimate of drug-likeness (QED) is 0.902. The van der Waals surface area contributed by atoms with E-state index in [2.05, 4.69) is 71.4 Å². The van der Waals surface area contributed by atoms with Crippen LogP contribution in [0.4, 0.5) is 0 Å². The molecule has 0 bridgehead atoms. The fraction of sp³-hybridized carbons (Fsp3) is 0.438. The van der Waals surface area contributed by atoms with Gasteiger partial charge in [0.15, 0.2) is 0 Å². The Hall–Kier alpha value is -1.13. The van der Waals surface area contributed by atoms with E-state index in [1.807, 2.05) is 11.7 Å². The van der Waals surface area contributed by atoms with Crippen molar-refractivity contribution in [3.8, 4) is 0 Å². The molecule has 1 heterocycles. The predicted molar refractivity (Wildman–Crippen MR) is 86.9 cm³/mol. The van der Waals surface area contributed by atoms with Crippen LogP contribution >= 0.6 is 15.9 Å². The van der Waals surface area contributed by atoms with Gasteiger partial charge in [0.2, 0.25) is 0 Å². The molecule has 20 heavy (non-hydrogen) atoms. The van der Waals surface area contributed by atoms with Gasteiger partial charge in [0.1, 0.15) is 0 Å². The van der Waals surface area contributed by atoms with Gasteiger partial charge in [-0.3, -0.25) is 4.68 Å². The molecule has 0 aliphatic heterocycles. The maximum absolute atomic E-state index is 4.54. The fourth-order valence-electron chi connectivity index (χ4n) is 2.72. The lowest BCUT2D eigenvalue weighted by Gasteiger charge is -2.19. The Balaban J connectivity index is 2.31. The third-order valence-corrected chi connectivity index (χ3v) is 4.19. The van der Waals surface area contributed by atoms with E-state index in [1.165, 1.54) is 16.8 Å². The zero-order valence-corrected chi connectivity index (χ0v) is 14.2. The minimum atomic E-state index is 0.308. The summed E-state index contributed by atoms with van der Waals surface area (Å²) in [6, 6.07) is 8.82. The number of hydrogen-bond donors (Lipinski definition) is 1. The Morgan fingerprint density at radius 2 is 2.10 bits per heavy atom. The van der Waals surface area contributed by atoms with Crippen LogP contribution in [0.5, 0.6) is 0 Å². The van der Waals surface area contributed by atoms with Crippen molar-refractivity contribution in [2.75, 3.05) is 6.54 Å². The number of benzene rings is 1. The summed E-state index contributed by atoms with van der Waals surface area (Å²) < 4.78 is 3.10. The molecule has 1 aromatic carbocycles. The molecule has 0 aliphatic rings. The molecule has 0 spiro atoms. The smallest absolute Gasteiger partial charge is 0.0644 e. The molecule has 0 aliphatic carbocycles. The van der Waals surface area contributed by atoms with Crippen LogP contribution in [0.1, 0.15) is 35.5 Å². The molecular formula is C16H22BrN3. The van der Waals surface area contributed by atoms with Gasteiger partial charge in [-0.15, -0.1) is 0 Å². The van der Waals surface area contributed by atoms with Crippen molar-refractivity contribution in [3.63, 3.8) is 0 Å². The first kappa shape index (κ1) is 15.3. The average molecular weight is 336 g/mol. The van der Waals surface area contributed by atoms with Gasteiger partial charge >= 0.3 is 0 Å². The summed E-state index contributed by atoms with van der Waals surface area (Å²) in [6.07, 6.45) is 0.973. The van der Waals surface area contributed by atoms with E-state index in [0.717, 1.165) is 23.1 Å². The zero-order valence-electron chi connectivity index (χ0n) is 12.6. The van der Waals surface area contributed by atoms with Crippen molar-refractivity contribution in [1.82, 2.24) is 15.1 Å². The molecule has 4 heteroatoms. The van der Waals surface area contributed by atoms with Gasteiger partial charge in [-0.1, -0.05) is 35.0 Å². The maximum atomic E-state index is 4.54. The van der Waals surface area contributed by atoms with E-state index >= 15 is 0 Å². The van der Waals surface area contributed by atoms with Gasteiger partial charge in [0.25, 0.3) is 0 Å². The van der Waals surface area contributed by atoms with Crippen molar-refractivity contribution in [1.29, 1.82) is 0 Å². The topological polar surface area (TPSA) is 29.9 Å². The van der Waals surface area contributed by atoms with Gasteiger partial charge in [-0.2, -0.15) is 5.10 Å². The standard InChI is InChI=1S/C16H22BrN3/c1-5-18-15(10-13-7-6-8-14(17)9-13)16-11(2)19-20(4)12(16)3/h6-9,15,18H,5,10H2,1-4H3. The predicted octanol–water partition coefficient (Wildman–Crippen LogP) is 3.69. The highest BCUT2D eigenvalue weighted by atomic mass is 79.9. The van der Waals surface area contributed by atoms with Crippen LogP contribution in [-0.4, -0.2) is 16.3 Å². The van der Waals surface area contributed by atoms with Gasteiger partial charge in [-0.05, 0) is 44.5 Å². The number of likely N-dealkylation sites (N-methyl/N-ethyl adjacent to an activating group) is 1. The van der Waals surface area contributed by atoms with Crippen LogP contribution in [0.2, 0.25) is 0 Å². The monoisotopic (exact) mass is 335 g/mol. The highest BCUT2D eigenvalue weighted by Crippen LogP contribution is 2.25. The van der Waals surface area contributed by atoms with Crippen molar-refractivity contribution in [2.24, 2.45) is 7.05 Å². The van der Waals surface area contributed by atoms with Crippen LogP contribution in [0.25, 0.3) is 0 Å². The van der Waals surface area contributed by atoms with Crippen LogP contribution in [0.15, 0.2) is 28.7 Å². The Kier molecular flexibility index (Phi) is 5.00. The Labute approximate surface area is 129 Å². The molecule has 1 unspecified atom stereocenters. The summed E-state index contributed by atoms with van der Waals surface area (Å²) in [5.74, 6) is 0. The van der Waals surface area contributed by atoms with E-state index in [0.29, 0.717) is 6.04 Å². The van der Waals surface area contributed by atoms with E-state index in [4.69, 9.17) is 0 Å². The Morgan fingerprint density at radius 1 is 1.35 bits per heavy atom. The number of nitrogens with one attached hydrogen (secondary N) is 1. The molecule has 108 valence electrons. The molecule has 1 atom stereocenters. The first-order chi connectivity index (χ1) is 9.52. The third-order valence-electron chi connectivity index (χ3n) is 3.69. The molecule has 0 amide bonds. The van der Waals surface area contributed by atoms with Crippen molar-refractivity contribution >= 4 is 15.9 Å². The number of aromatic nitrogens is 2.